The van der Waals surface area contributed by atoms with Crippen molar-refractivity contribution in [2.75, 3.05) is 6.61 Å². The molecule has 0 aliphatic heterocycles. The van der Waals surface area contributed by atoms with Crippen LogP contribution in [-0.4, -0.2) is 16.2 Å². The molecule has 4 nitrogen and oxygen atoms in total. The highest BCUT2D eigenvalue weighted by atomic mass is 79.9. The largest absolute Gasteiger partial charge is 0.494 e. The Morgan fingerprint density at radius 1 is 1.28 bits per heavy atom. The number of benzene rings is 1. The smallest absolute Gasteiger partial charge is 0.288 e. The number of nitrogens with zero attached hydrogens (tertiary/aromatic N) is 2. The summed E-state index contributed by atoms with van der Waals surface area (Å²) in [4.78, 5) is 15.9. The van der Waals surface area contributed by atoms with Gasteiger partial charge in [0.25, 0.3) is 5.56 Å². The molecular weight excluding hydrogens is 364 g/mol. The number of rotatable bonds is 3. The fraction of sp³-hybridized carbons (Fsp3) is 0.167. The topological polar surface area (TPSA) is 44.1 Å². The molecule has 0 unspecified atom stereocenters. The second kappa shape index (κ2) is 5.67. The Balaban J connectivity index is 2.46. The minimum Gasteiger partial charge on any atom is -0.494 e. The van der Waals surface area contributed by atoms with Crippen LogP contribution in [0.2, 0.25) is 0 Å². The second-order valence-corrected chi connectivity index (χ2v) is 5.02. The molecule has 0 aliphatic rings. The molecule has 18 heavy (non-hydrogen) atoms. The summed E-state index contributed by atoms with van der Waals surface area (Å²) in [5, 5.41) is 0. The van der Waals surface area contributed by atoms with E-state index in [1.165, 1.54) is 4.57 Å². The van der Waals surface area contributed by atoms with Crippen LogP contribution in [0.4, 0.5) is 0 Å². The average molecular weight is 374 g/mol. The fourth-order valence-electron chi connectivity index (χ4n) is 1.50. The van der Waals surface area contributed by atoms with Crippen LogP contribution >= 0.6 is 31.9 Å². The van der Waals surface area contributed by atoms with Crippen LogP contribution in [0.5, 0.6) is 5.75 Å². The van der Waals surface area contributed by atoms with Crippen LogP contribution < -0.4 is 10.3 Å². The quantitative estimate of drug-likeness (QED) is 0.830. The van der Waals surface area contributed by atoms with Crippen LogP contribution in [0.3, 0.4) is 0 Å². The van der Waals surface area contributed by atoms with Crippen molar-refractivity contribution in [2.45, 2.75) is 6.92 Å². The summed E-state index contributed by atoms with van der Waals surface area (Å²) >= 11 is 6.39. The lowest BCUT2D eigenvalue weighted by Gasteiger charge is -2.08. The molecule has 0 amide bonds. The summed E-state index contributed by atoms with van der Waals surface area (Å²) in [7, 11) is 0. The molecule has 94 valence electrons. The summed E-state index contributed by atoms with van der Waals surface area (Å²) in [5.74, 6) is 0.779. The molecule has 0 saturated carbocycles. The van der Waals surface area contributed by atoms with Gasteiger partial charge in [0.15, 0.2) is 4.60 Å². The first kappa shape index (κ1) is 13.3. The molecule has 0 aliphatic carbocycles. The minimum absolute atomic E-state index is 0.206. The Bertz CT molecular complexity index is 608. The molecule has 0 radical (unpaired) electrons. The number of aromatic nitrogens is 2. The van der Waals surface area contributed by atoms with E-state index >= 15 is 0 Å². The van der Waals surface area contributed by atoms with E-state index in [1.54, 1.807) is 6.20 Å². The van der Waals surface area contributed by atoms with Gasteiger partial charge in [0.2, 0.25) is 0 Å². The van der Waals surface area contributed by atoms with Crippen molar-refractivity contribution in [3.63, 3.8) is 0 Å². The molecule has 1 aromatic heterocycles. The molecule has 0 spiro atoms. The van der Waals surface area contributed by atoms with Gasteiger partial charge in [0.05, 0.1) is 6.61 Å². The van der Waals surface area contributed by atoms with Gasteiger partial charge < -0.3 is 4.74 Å². The Kier molecular flexibility index (Phi) is 4.19. The highest BCUT2D eigenvalue weighted by Crippen LogP contribution is 2.16. The van der Waals surface area contributed by atoms with E-state index in [9.17, 15) is 4.79 Å². The molecule has 0 N–H and O–H groups in total. The zero-order chi connectivity index (χ0) is 13.1. The number of hydrogen-bond donors (Lipinski definition) is 0. The number of halogens is 2. The number of hydrogen-bond acceptors (Lipinski definition) is 3. The van der Waals surface area contributed by atoms with Gasteiger partial charge in [-0.15, -0.1) is 0 Å². The van der Waals surface area contributed by atoms with Gasteiger partial charge >= 0.3 is 0 Å². The third kappa shape index (κ3) is 2.81. The van der Waals surface area contributed by atoms with Crippen LogP contribution in [0, 0.1) is 0 Å². The Morgan fingerprint density at radius 3 is 2.56 bits per heavy atom. The fourth-order valence-corrected chi connectivity index (χ4v) is 2.50. The highest BCUT2D eigenvalue weighted by molar-refractivity contribution is 9.11. The average Bonchev–Trinajstić information content (AvgIpc) is 2.35. The molecule has 2 aromatic rings. The summed E-state index contributed by atoms with van der Waals surface area (Å²) in [6.45, 7) is 2.54. The maximum Gasteiger partial charge on any atom is 0.288 e. The van der Waals surface area contributed by atoms with Gasteiger partial charge in [-0.2, -0.15) is 0 Å². The summed E-state index contributed by atoms with van der Waals surface area (Å²) in [6, 6.07) is 7.30. The van der Waals surface area contributed by atoms with E-state index in [1.807, 2.05) is 31.2 Å². The van der Waals surface area contributed by atoms with Crippen molar-refractivity contribution in [3.05, 3.63) is 50.0 Å². The normalized spacial score (nSPS) is 10.4. The predicted octanol–water partition coefficient (Wildman–Crippen LogP) is 3.16. The molecule has 1 aromatic carbocycles. The van der Waals surface area contributed by atoms with Crippen LogP contribution in [0.25, 0.3) is 5.69 Å². The first-order valence-electron chi connectivity index (χ1n) is 5.29. The molecule has 2 rings (SSSR count). The van der Waals surface area contributed by atoms with E-state index in [2.05, 4.69) is 36.8 Å². The van der Waals surface area contributed by atoms with E-state index < -0.39 is 0 Å². The minimum atomic E-state index is -0.206. The summed E-state index contributed by atoms with van der Waals surface area (Å²) in [5.41, 5.74) is 0.551. The molecule has 0 saturated heterocycles. The lowest BCUT2D eigenvalue weighted by molar-refractivity contribution is 0.340. The van der Waals surface area contributed by atoms with Crippen molar-refractivity contribution < 1.29 is 4.74 Å². The van der Waals surface area contributed by atoms with E-state index in [0.29, 0.717) is 11.2 Å². The van der Waals surface area contributed by atoms with Gasteiger partial charge in [0, 0.05) is 11.9 Å². The highest BCUT2D eigenvalue weighted by Gasteiger charge is 2.06. The molecule has 0 bridgehead atoms. The molecule has 6 heteroatoms. The van der Waals surface area contributed by atoms with Gasteiger partial charge in [-0.05, 0) is 63.0 Å². The van der Waals surface area contributed by atoms with Crippen LogP contribution in [-0.2, 0) is 0 Å². The maximum atomic E-state index is 11.9. The standard InChI is InChI=1S/C12H10Br2N2O2/c1-2-18-9-5-3-8(4-6-9)16-7-10(13)15-11(14)12(16)17/h3-7H,2H2,1H3. The van der Waals surface area contributed by atoms with Crippen molar-refractivity contribution in [1.29, 1.82) is 0 Å². The summed E-state index contributed by atoms with van der Waals surface area (Å²) < 4.78 is 7.72. The first-order chi connectivity index (χ1) is 8.61. The zero-order valence-electron chi connectivity index (χ0n) is 9.56. The predicted molar refractivity (Wildman–Crippen MR) is 76.4 cm³/mol. The van der Waals surface area contributed by atoms with Gasteiger partial charge in [0.1, 0.15) is 10.4 Å². The maximum absolute atomic E-state index is 11.9. The van der Waals surface area contributed by atoms with Gasteiger partial charge in [-0.3, -0.25) is 9.36 Å². The number of ether oxygens (including phenoxy) is 1. The first-order valence-corrected chi connectivity index (χ1v) is 6.88. The molecular formula is C12H10Br2N2O2. The third-order valence-corrected chi connectivity index (χ3v) is 3.16. The Hall–Kier alpha value is -1.14. The van der Waals surface area contributed by atoms with Crippen molar-refractivity contribution >= 4 is 31.9 Å². The lowest BCUT2D eigenvalue weighted by Crippen LogP contribution is -2.19. The SMILES string of the molecule is CCOc1ccc(-n2cc(Br)nc(Br)c2=O)cc1. The third-order valence-electron chi connectivity index (χ3n) is 2.26. The lowest BCUT2D eigenvalue weighted by atomic mass is 10.3. The van der Waals surface area contributed by atoms with E-state index in [4.69, 9.17) is 4.74 Å². The second-order valence-electron chi connectivity index (χ2n) is 3.46. The van der Waals surface area contributed by atoms with Gasteiger partial charge in [-0.1, -0.05) is 0 Å². The van der Waals surface area contributed by atoms with Gasteiger partial charge in [-0.25, -0.2) is 4.98 Å². The van der Waals surface area contributed by atoms with E-state index in [0.717, 1.165) is 11.4 Å². The Morgan fingerprint density at radius 2 is 1.94 bits per heavy atom. The summed E-state index contributed by atoms with van der Waals surface area (Å²) in [6.07, 6.45) is 1.63. The van der Waals surface area contributed by atoms with Crippen molar-refractivity contribution in [1.82, 2.24) is 9.55 Å². The molecule has 0 fully saturated rings. The van der Waals surface area contributed by atoms with Crippen LogP contribution in [0.1, 0.15) is 6.92 Å². The van der Waals surface area contributed by atoms with Crippen molar-refractivity contribution in [3.8, 4) is 11.4 Å². The Labute approximate surface area is 121 Å². The van der Waals surface area contributed by atoms with E-state index in [-0.39, 0.29) is 10.2 Å². The van der Waals surface area contributed by atoms with Crippen molar-refractivity contribution in [2.24, 2.45) is 0 Å². The monoisotopic (exact) mass is 372 g/mol. The molecule has 1 heterocycles. The molecule has 0 atom stereocenters. The zero-order valence-corrected chi connectivity index (χ0v) is 12.7. The van der Waals surface area contributed by atoms with Crippen LogP contribution in [0.15, 0.2) is 44.5 Å².